The van der Waals surface area contributed by atoms with Crippen LogP contribution >= 0.6 is 0 Å². The van der Waals surface area contributed by atoms with Crippen LogP contribution in [0, 0.1) is 11.8 Å². The Kier molecular flexibility index (Phi) is 3.44. The minimum Gasteiger partial charge on any atom is -0.507 e. The van der Waals surface area contributed by atoms with Crippen molar-refractivity contribution < 1.29 is 19.5 Å². The van der Waals surface area contributed by atoms with Gasteiger partial charge < -0.3 is 5.11 Å². The maximum absolute atomic E-state index is 12.3. The molecule has 0 spiro atoms. The van der Waals surface area contributed by atoms with E-state index in [2.05, 4.69) is 5.43 Å². The summed E-state index contributed by atoms with van der Waals surface area (Å²) in [5.74, 6) is -2.45. The molecule has 1 aliphatic carbocycles. The highest BCUT2D eigenvalue weighted by molar-refractivity contribution is 6.08. The topological polar surface area (TPSA) is 86.7 Å². The molecule has 0 radical (unpaired) electrons. The molecule has 1 aromatic carbocycles. The molecule has 2 atom stereocenters. The van der Waals surface area contributed by atoms with E-state index in [0.717, 1.165) is 10.6 Å². The summed E-state index contributed by atoms with van der Waals surface area (Å²) in [6, 6.07) is 5.97. The molecule has 6 heteroatoms. The standard InChI is InChI=1S/C16H16N2O4/c1-9-6-7-10-12(8-9)16(22)18(15(10)21)17-14(20)11-4-2-3-5-13(11)19/h2-6,10,12,19H,7-8H2,1H3,(H,17,20)/t10-,12+/m1/s1. The number of para-hydroxylation sites is 1. The highest BCUT2D eigenvalue weighted by Gasteiger charge is 2.49. The van der Waals surface area contributed by atoms with Crippen LogP contribution in [-0.4, -0.2) is 27.8 Å². The fourth-order valence-electron chi connectivity index (χ4n) is 2.98. The Labute approximate surface area is 127 Å². The van der Waals surface area contributed by atoms with E-state index in [4.69, 9.17) is 0 Å². The second kappa shape index (κ2) is 5.29. The second-order valence-corrected chi connectivity index (χ2v) is 5.67. The van der Waals surface area contributed by atoms with Crippen LogP contribution in [0.25, 0.3) is 0 Å². The number of carbonyl (C=O) groups is 3. The fraction of sp³-hybridized carbons (Fsp3) is 0.312. The van der Waals surface area contributed by atoms with E-state index in [1.807, 2.05) is 13.0 Å². The highest BCUT2D eigenvalue weighted by Crippen LogP contribution is 2.36. The first-order valence-corrected chi connectivity index (χ1v) is 7.11. The van der Waals surface area contributed by atoms with Crippen LogP contribution < -0.4 is 5.43 Å². The van der Waals surface area contributed by atoms with Crippen molar-refractivity contribution in [1.29, 1.82) is 0 Å². The van der Waals surface area contributed by atoms with E-state index in [-0.39, 0.29) is 23.1 Å². The third-order valence-corrected chi connectivity index (χ3v) is 4.19. The summed E-state index contributed by atoms with van der Waals surface area (Å²) in [5, 5.41) is 10.5. The van der Waals surface area contributed by atoms with Crippen LogP contribution in [0.5, 0.6) is 5.75 Å². The van der Waals surface area contributed by atoms with E-state index in [1.165, 1.54) is 12.1 Å². The lowest BCUT2D eigenvalue weighted by molar-refractivity contribution is -0.142. The summed E-state index contributed by atoms with van der Waals surface area (Å²) in [6.07, 6.45) is 3.02. The number of rotatable bonds is 2. The first kappa shape index (κ1) is 14.3. The number of nitrogens with zero attached hydrogens (tertiary/aromatic N) is 1. The van der Waals surface area contributed by atoms with Crippen LogP contribution in [0.3, 0.4) is 0 Å². The number of hydrogen-bond acceptors (Lipinski definition) is 4. The molecule has 0 aromatic heterocycles. The Morgan fingerprint density at radius 2 is 1.91 bits per heavy atom. The Morgan fingerprint density at radius 1 is 1.23 bits per heavy atom. The number of imide groups is 1. The zero-order chi connectivity index (χ0) is 15.9. The molecule has 2 aliphatic rings. The number of phenolic OH excluding ortho intramolecular Hbond substituents is 1. The minimum atomic E-state index is -0.678. The Balaban J connectivity index is 1.79. The van der Waals surface area contributed by atoms with E-state index in [1.54, 1.807) is 12.1 Å². The quantitative estimate of drug-likeness (QED) is 0.638. The average Bonchev–Trinajstić information content (AvgIpc) is 2.72. The molecule has 1 saturated heterocycles. The molecule has 0 bridgehead atoms. The Hall–Kier alpha value is -2.63. The molecule has 2 N–H and O–H groups in total. The molecule has 1 heterocycles. The molecular weight excluding hydrogens is 284 g/mol. The number of phenols is 1. The van der Waals surface area contributed by atoms with Crippen molar-refractivity contribution >= 4 is 17.7 Å². The van der Waals surface area contributed by atoms with Crippen LogP contribution in [0.4, 0.5) is 0 Å². The van der Waals surface area contributed by atoms with E-state index >= 15 is 0 Å². The zero-order valence-electron chi connectivity index (χ0n) is 12.1. The van der Waals surface area contributed by atoms with Gasteiger partial charge >= 0.3 is 0 Å². The number of aromatic hydroxyl groups is 1. The number of fused-ring (bicyclic) bond motifs is 1. The lowest BCUT2D eigenvalue weighted by Crippen LogP contribution is -2.46. The monoisotopic (exact) mass is 300 g/mol. The van der Waals surface area contributed by atoms with Crippen molar-refractivity contribution in [3.05, 3.63) is 41.5 Å². The van der Waals surface area contributed by atoms with Crippen molar-refractivity contribution in [2.75, 3.05) is 0 Å². The van der Waals surface area contributed by atoms with Gasteiger partial charge in [-0.25, -0.2) is 0 Å². The third kappa shape index (κ3) is 2.26. The summed E-state index contributed by atoms with van der Waals surface area (Å²) in [5.41, 5.74) is 3.42. The number of allylic oxidation sites excluding steroid dienone is 2. The average molecular weight is 300 g/mol. The second-order valence-electron chi connectivity index (χ2n) is 5.67. The first-order valence-electron chi connectivity index (χ1n) is 7.11. The molecule has 1 fully saturated rings. The van der Waals surface area contributed by atoms with Gasteiger partial charge in [0.2, 0.25) is 0 Å². The maximum atomic E-state index is 12.3. The molecule has 0 unspecified atom stereocenters. The molecule has 6 nitrogen and oxygen atoms in total. The lowest BCUT2D eigenvalue weighted by atomic mass is 9.82. The van der Waals surface area contributed by atoms with Crippen molar-refractivity contribution in [2.45, 2.75) is 19.8 Å². The Morgan fingerprint density at radius 3 is 2.64 bits per heavy atom. The van der Waals surface area contributed by atoms with Crippen molar-refractivity contribution in [3.8, 4) is 5.75 Å². The number of hydrogen-bond donors (Lipinski definition) is 2. The van der Waals surface area contributed by atoms with Gasteiger partial charge in [-0.2, -0.15) is 5.01 Å². The third-order valence-electron chi connectivity index (χ3n) is 4.19. The lowest BCUT2D eigenvalue weighted by Gasteiger charge is -2.18. The number of hydrazine groups is 1. The van der Waals surface area contributed by atoms with E-state index in [9.17, 15) is 19.5 Å². The maximum Gasteiger partial charge on any atom is 0.274 e. The first-order chi connectivity index (χ1) is 10.5. The number of amides is 3. The summed E-state index contributed by atoms with van der Waals surface area (Å²) >= 11 is 0. The van der Waals surface area contributed by atoms with E-state index in [0.29, 0.717) is 12.8 Å². The highest BCUT2D eigenvalue weighted by atomic mass is 16.3. The van der Waals surface area contributed by atoms with Gasteiger partial charge in [0.15, 0.2) is 0 Å². The summed E-state index contributed by atoms with van der Waals surface area (Å²) in [4.78, 5) is 36.8. The number of carbonyl (C=O) groups excluding carboxylic acids is 3. The van der Waals surface area contributed by atoms with Crippen LogP contribution in [0.15, 0.2) is 35.9 Å². The van der Waals surface area contributed by atoms with Gasteiger partial charge in [-0.3, -0.25) is 19.8 Å². The molecule has 22 heavy (non-hydrogen) atoms. The van der Waals surface area contributed by atoms with Gasteiger partial charge in [0.05, 0.1) is 17.4 Å². The SMILES string of the molecule is CC1=CC[C@H]2C(=O)N(NC(=O)c3ccccc3O)C(=O)[C@H]2C1. The Bertz CT molecular complexity index is 695. The number of nitrogens with one attached hydrogen (secondary N) is 1. The van der Waals surface area contributed by atoms with Gasteiger partial charge in [0.1, 0.15) is 5.75 Å². The fourth-order valence-corrected chi connectivity index (χ4v) is 2.98. The van der Waals surface area contributed by atoms with Gasteiger partial charge in [0.25, 0.3) is 17.7 Å². The van der Waals surface area contributed by atoms with Crippen molar-refractivity contribution in [1.82, 2.24) is 10.4 Å². The molecular formula is C16H16N2O4. The van der Waals surface area contributed by atoms with Crippen molar-refractivity contribution in [2.24, 2.45) is 11.8 Å². The van der Waals surface area contributed by atoms with E-state index < -0.39 is 17.7 Å². The molecule has 0 saturated carbocycles. The van der Waals surface area contributed by atoms with Gasteiger partial charge in [-0.05, 0) is 31.9 Å². The predicted molar refractivity (Wildman–Crippen MR) is 77.4 cm³/mol. The predicted octanol–water partition coefficient (Wildman–Crippen LogP) is 1.38. The molecule has 1 aliphatic heterocycles. The van der Waals surface area contributed by atoms with Crippen LogP contribution in [0.2, 0.25) is 0 Å². The largest absolute Gasteiger partial charge is 0.507 e. The summed E-state index contributed by atoms with van der Waals surface area (Å²) in [6.45, 7) is 1.93. The molecule has 3 amide bonds. The van der Waals surface area contributed by atoms with Crippen molar-refractivity contribution in [3.63, 3.8) is 0 Å². The normalized spacial score (nSPS) is 24.0. The number of benzene rings is 1. The molecule has 3 rings (SSSR count). The smallest absolute Gasteiger partial charge is 0.274 e. The van der Waals surface area contributed by atoms with Gasteiger partial charge in [-0.1, -0.05) is 23.8 Å². The summed E-state index contributed by atoms with van der Waals surface area (Å²) in [7, 11) is 0. The minimum absolute atomic E-state index is 0.0206. The van der Waals surface area contributed by atoms with Gasteiger partial charge in [-0.15, -0.1) is 0 Å². The molecule has 114 valence electrons. The van der Waals surface area contributed by atoms with Gasteiger partial charge in [0, 0.05) is 0 Å². The zero-order valence-corrected chi connectivity index (χ0v) is 12.1. The van der Waals surface area contributed by atoms with Crippen LogP contribution in [-0.2, 0) is 9.59 Å². The summed E-state index contributed by atoms with van der Waals surface area (Å²) < 4.78 is 0. The van der Waals surface area contributed by atoms with Crippen LogP contribution in [0.1, 0.15) is 30.1 Å². The molecule has 1 aromatic rings.